The highest BCUT2D eigenvalue weighted by Crippen LogP contribution is 2.39. The monoisotopic (exact) mass is 513 g/mol. The van der Waals surface area contributed by atoms with Crippen LogP contribution in [-0.2, 0) is 10.2 Å². The third kappa shape index (κ3) is 8.13. The van der Waals surface area contributed by atoms with Gasteiger partial charge in [-0.1, -0.05) is 13.8 Å². The number of hydrogen-bond acceptors (Lipinski definition) is 6. The van der Waals surface area contributed by atoms with Gasteiger partial charge in [-0.15, -0.1) is 0 Å². The van der Waals surface area contributed by atoms with E-state index >= 15 is 0 Å². The minimum absolute atomic E-state index is 0.121. The molecule has 0 aliphatic rings. The predicted molar refractivity (Wildman–Crippen MR) is 150 cm³/mol. The first kappa shape index (κ1) is 30.5. The maximum atomic E-state index is 12.7. The van der Waals surface area contributed by atoms with E-state index in [1.165, 1.54) is 0 Å². The minimum Gasteiger partial charge on any atom is -0.494 e. The van der Waals surface area contributed by atoms with Crippen molar-refractivity contribution in [2.75, 3.05) is 40.0 Å². The summed E-state index contributed by atoms with van der Waals surface area (Å²) in [5.41, 5.74) is 1.47. The lowest BCUT2D eigenvalue weighted by atomic mass is 9.69. The van der Waals surface area contributed by atoms with Crippen molar-refractivity contribution in [2.24, 2.45) is 5.92 Å². The summed E-state index contributed by atoms with van der Waals surface area (Å²) in [6.07, 6.45) is 2.72. The molecule has 6 heteroatoms. The second-order valence-electron chi connectivity index (χ2n) is 9.74. The Morgan fingerprint density at radius 1 is 0.757 bits per heavy atom. The fourth-order valence-corrected chi connectivity index (χ4v) is 4.77. The molecule has 6 nitrogen and oxygen atoms in total. The SMILES string of the molecule is CCOc1cc(OCC)cc(C(C)N(C)CCCC(C=O)(c2cc(OCC)cc(OCC)c2)C(C)C)c1. The van der Waals surface area contributed by atoms with Crippen LogP contribution >= 0.6 is 0 Å². The largest absolute Gasteiger partial charge is 0.494 e. The van der Waals surface area contributed by atoms with Crippen molar-refractivity contribution in [3.8, 4) is 23.0 Å². The van der Waals surface area contributed by atoms with Crippen LogP contribution < -0.4 is 18.9 Å². The highest BCUT2D eigenvalue weighted by Gasteiger charge is 2.36. The fourth-order valence-electron chi connectivity index (χ4n) is 4.77. The number of benzene rings is 2. The van der Waals surface area contributed by atoms with Crippen LogP contribution in [0.5, 0.6) is 23.0 Å². The van der Waals surface area contributed by atoms with E-state index < -0.39 is 5.41 Å². The summed E-state index contributed by atoms with van der Waals surface area (Å²) in [4.78, 5) is 15.0. The lowest BCUT2D eigenvalue weighted by molar-refractivity contribution is -0.114. The molecule has 0 fully saturated rings. The molecule has 0 N–H and O–H groups in total. The molecular weight excluding hydrogens is 466 g/mol. The molecule has 2 aromatic rings. The third-order valence-electron chi connectivity index (χ3n) is 7.05. The van der Waals surface area contributed by atoms with Gasteiger partial charge in [0.1, 0.15) is 29.3 Å². The molecule has 0 saturated carbocycles. The van der Waals surface area contributed by atoms with Gasteiger partial charge in [-0.2, -0.15) is 0 Å². The van der Waals surface area contributed by atoms with E-state index in [-0.39, 0.29) is 12.0 Å². The van der Waals surface area contributed by atoms with Crippen LogP contribution in [0.1, 0.15) is 78.5 Å². The van der Waals surface area contributed by atoms with Crippen molar-refractivity contribution >= 4 is 6.29 Å². The van der Waals surface area contributed by atoms with Gasteiger partial charge >= 0.3 is 0 Å². The van der Waals surface area contributed by atoms with E-state index in [9.17, 15) is 4.79 Å². The van der Waals surface area contributed by atoms with Crippen LogP contribution in [-0.4, -0.2) is 51.2 Å². The molecule has 0 bridgehead atoms. The van der Waals surface area contributed by atoms with Gasteiger partial charge in [0.2, 0.25) is 0 Å². The molecule has 2 aromatic carbocycles. The van der Waals surface area contributed by atoms with Crippen molar-refractivity contribution in [2.45, 2.75) is 72.8 Å². The Labute approximate surface area is 224 Å². The zero-order valence-electron chi connectivity index (χ0n) is 24.1. The molecule has 2 unspecified atom stereocenters. The summed E-state index contributed by atoms with van der Waals surface area (Å²) in [7, 11) is 2.12. The highest BCUT2D eigenvalue weighted by atomic mass is 16.5. The summed E-state index contributed by atoms with van der Waals surface area (Å²) in [6, 6.07) is 12.2. The van der Waals surface area contributed by atoms with Gasteiger partial charge in [0.25, 0.3) is 0 Å². The minimum atomic E-state index is -0.625. The Hall–Kier alpha value is -2.73. The Morgan fingerprint density at radius 3 is 1.57 bits per heavy atom. The number of carbonyl (C=O) groups is 1. The van der Waals surface area contributed by atoms with Crippen molar-refractivity contribution in [3.05, 3.63) is 47.5 Å². The molecule has 0 aliphatic carbocycles. The van der Waals surface area contributed by atoms with Crippen LogP contribution in [0, 0.1) is 5.92 Å². The van der Waals surface area contributed by atoms with Gasteiger partial charge in [-0.05, 0) is 102 Å². The van der Waals surface area contributed by atoms with Crippen molar-refractivity contribution in [1.29, 1.82) is 0 Å². The molecule has 2 rings (SSSR count). The molecule has 206 valence electrons. The zero-order chi connectivity index (χ0) is 27.4. The van der Waals surface area contributed by atoms with Crippen molar-refractivity contribution in [1.82, 2.24) is 4.90 Å². The van der Waals surface area contributed by atoms with Gasteiger partial charge in [0.15, 0.2) is 0 Å². The smallest absolute Gasteiger partial charge is 0.130 e. The molecule has 0 aliphatic heterocycles. The number of ether oxygens (including phenoxy) is 4. The first-order chi connectivity index (χ1) is 17.7. The maximum absolute atomic E-state index is 12.7. The van der Waals surface area contributed by atoms with Crippen LogP contribution in [0.4, 0.5) is 0 Å². The van der Waals surface area contributed by atoms with Gasteiger partial charge in [0.05, 0.1) is 31.8 Å². The quantitative estimate of drug-likeness (QED) is 0.216. The Morgan fingerprint density at radius 2 is 1.19 bits per heavy atom. The lowest BCUT2D eigenvalue weighted by Crippen LogP contribution is -2.35. The van der Waals surface area contributed by atoms with Gasteiger partial charge in [0, 0.05) is 18.2 Å². The highest BCUT2D eigenvalue weighted by molar-refractivity contribution is 5.70. The van der Waals surface area contributed by atoms with E-state index in [1.807, 2.05) is 52.0 Å². The molecule has 0 heterocycles. The second-order valence-corrected chi connectivity index (χ2v) is 9.74. The molecule has 0 spiro atoms. The Balaban J connectivity index is 2.23. The average Bonchev–Trinajstić information content (AvgIpc) is 2.86. The summed E-state index contributed by atoms with van der Waals surface area (Å²) in [6.45, 7) is 17.5. The normalized spacial score (nSPS) is 13.8. The average molecular weight is 514 g/mol. The number of hydrogen-bond donors (Lipinski definition) is 0. The second kappa shape index (κ2) is 14.9. The number of aldehydes is 1. The van der Waals surface area contributed by atoms with Crippen LogP contribution in [0.2, 0.25) is 0 Å². The summed E-state index contributed by atoms with van der Waals surface area (Å²) < 4.78 is 23.2. The van der Waals surface area contributed by atoms with E-state index in [0.717, 1.165) is 59.8 Å². The van der Waals surface area contributed by atoms with Gasteiger partial charge in [-0.3, -0.25) is 4.90 Å². The molecule has 2 atom stereocenters. The van der Waals surface area contributed by atoms with Crippen LogP contribution in [0.3, 0.4) is 0 Å². The van der Waals surface area contributed by atoms with Gasteiger partial charge in [-0.25, -0.2) is 0 Å². The summed E-state index contributed by atoms with van der Waals surface area (Å²) in [5.74, 6) is 3.24. The van der Waals surface area contributed by atoms with Crippen molar-refractivity contribution < 1.29 is 23.7 Å². The Kier molecular flexibility index (Phi) is 12.3. The summed E-state index contributed by atoms with van der Waals surface area (Å²) >= 11 is 0. The lowest BCUT2D eigenvalue weighted by Gasteiger charge is -2.34. The topological polar surface area (TPSA) is 57.2 Å². The molecular formula is C31H47NO5. The van der Waals surface area contributed by atoms with E-state index in [4.69, 9.17) is 18.9 Å². The van der Waals surface area contributed by atoms with E-state index in [0.29, 0.717) is 26.4 Å². The first-order valence-electron chi connectivity index (χ1n) is 13.7. The predicted octanol–water partition coefficient (Wildman–Crippen LogP) is 6.85. The zero-order valence-corrected chi connectivity index (χ0v) is 24.1. The van der Waals surface area contributed by atoms with Crippen LogP contribution in [0.25, 0.3) is 0 Å². The van der Waals surface area contributed by atoms with Crippen molar-refractivity contribution in [3.63, 3.8) is 0 Å². The van der Waals surface area contributed by atoms with Crippen LogP contribution in [0.15, 0.2) is 36.4 Å². The summed E-state index contributed by atoms with van der Waals surface area (Å²) in [5, 5.41) is 0. The first-order valence-corrected chi connectivity index (χ1v) is 13.7. The molecule has 0 saturated heterocycles. The molecule has 0 aromatic heterocycles. The maximum Gasteiger partial charge on any atom is 0.130 e. The molecule has 0 radical (unpaired) electrons. The molecule has 37 heavy (non-hydrogen) atoms. The standard InChI is InChI=1S/C31H47NO5/c1-9-34-27-16-25(17-28(20-27)35-10-2)24(7)32(8)15-13-14-31(22-33,23(5)6)26-18-29(36-11-3)21-30(19-26)37-12-4/h16-24H,9-15H2,1-8H3. The number of carbonyl (C=O) groups excluding carboxylic acids is 1. The fraction of sp³-hybridized carbons (Fsp3) is 0.581. The Bertz CT molecular complexity index is 928. The number of nitrogens with zero attached hydrogens (tertiary/aromatic N) is 1. The number of rotatable bonds is 17. The third-order valence-corrected chi connectivity index (χ3v) is 7.05. The van der Waals surface area contributed by atoms with E-state index in [1.54, 1.807) is 0 Å². The van der Waals surface area contributed by atoms with Gasteiger partial charge < -0.3 is 23.7 Å². The molecule has 0 amide bonds. The van der Waals surface area contributed by atoms with E-state index in [2.05, 4.69) is 44.9 Å².